The fourth-order valence-electron chi connectivity index (χ4n) is 2.02. The number of nitrogens with zero attached hydrogens (tertiary/aromatic N) is 2. The van der Waals surface area contributed by atoms with Gasteiger partial charge in [-0.25, -0.2) is 10.8 Å². The molecule has 0 unspecified atom stereocenters. The van der Waals surface area contributed by atoms with E-state index in [2.05, 4.69) is 34.5 Å². The number of nitrogens with one attached hydrogen (secondary N) is 2. The Morgan fingerprint density at radius 2 is 2.05 bits per heavy atom. The van der Waals surface area contributed by atoms with Gasteiger partial charge in [-0.15, -0.1) is 0 Å². The lowest BCUT2D eigenvalue weighted by molar-refractivity contribution is 0.0951. The van der Waals surface area contributed by atoms with Gasteiger partial charge in [0.15, 0.2) is 0 Å². The molecule has 0 atom stereocenters. The number of aryl methyl sites for hydroxylation is 1. The molecule has 1 aromatic heterocycles. The number of hydrazine groups is 1. The highest BCUT2D eigenvalue weighted by atomic mass is 16.1. The number of nitrogen functional groups attached to an aromatic ring is 1. The van der Waals surface area contributed by atoms with Gasteiger partial charge in [0.05, 0.1) is 0 Å². The number of amides is 1. The molecule has 0 aliphatic rings. The molecule has 4 N–H and O–H groups in total. The first-order valence-electron chi connectivity index (χ1n) is 7.06. The van der Waals surface area contributed by atoms with Crippen molar-refractivity contribution in [3.8, 4) is 0 Å². The van der Waals surface area contributed by atoms with Crippen LogP contribution in [0.1, 0.15) is 36.3 Å². The normalized spacial score (nSPS) is 10.7. The van der Waals surface area contributed by atoms with Crippen molar-refractivity contribution in [2.75, 3.05) is 31.6 Å². The summed E-state index contributed by atoms with van der Waals surface area (Å²) in [5, 5.41) is 2.92. The molecule has 0 bridgehead atoms. The Hall–Kier alpha value is -1.66. The van der Waals surface area contributed by atoms with E-state index in [0.29, 0.717) is 17.9 Å². The predicted molar refractivity (Wildman–Crippen MR) is 81.5 cm³/mol. The number of nitrogens with two attached hydrogens (primary N) is 1. The SMILES string of the molecule is CCN(CC)CCCNC(=O)c1cc(C)nc(NN)c1. The quantitative estimate of drug-likeness (QED) is 0.377. The minimum absolute atomic E-state index is 0.0912. The minimum atomic E-state index is -0.0912. The average molecular weight is 279 g/mol. The molecule has 1 aromatic rings. The number of carbonyl (C=O) groups is 1. The molecule has 1 amide bonds. The van der Waals surface area contributed by atoms with Crippen LogP contribution < -0.4 is 16.6 Å². The van der Waals surface area contributed by atoms with Crippen LogP contribution in [0.15, 0.2) is 12.1 Å². The van der Waals surface area contributed by atoms with Gasteiger partial charge in [0.1, 0.15) is 5.82 Å². The highest BCUT2D eigenvalue weighted by Gasteiger charge is 2.08. The van der Waals surface area contributed by atoms with Gasteiger partial charge in [-0.3, -0.25) is 4.79 Å². The van der Waals surface area contributed by atoms with Gasteiger partial charge in [-0.1, -0.05) is 13.8 Å². The van der Waals surface area contributed by atoms with Gasteiger partial charge in [0.2, 0.25) is 0 Å². The largest absolute Gasteiger partial charge is 0.352 e. The Morgan fingerprint density at radius 1 is 1.35 bits per heavy atom. The van der Waals surface area contributed by atoms with Gasteiger partial charge in [-0.2, -0.15) is 0 Å². The van der Waals surface area contributed by atoms with Crippen molar-refractivity contribution < 1.29 is 4.79 Å². The average Bonchev–Trinajstić information content (AvgIpc) is 2.46. The molecule has 0 fully saturated rings. The van der Waals surface area contributed by atoms with Gasteiger partial charge in [-0.05, 0) is 45.1 Å². The fourth-order valence-corrected chi connectivity index (χ4v) is 2.02. The number of aromatic nitrogens is 1. The summed E-state index contributed by atoms with van der Waals surface area (Å²) in [4.78, 5) is 18.5. The second-order valence-electron chi connectivity index (χ2n) is 4.66. The first-order valence-corrected chi connectivity index (χ1v) is 7.06. The first kappa shape index (κ1) is 16.4. The number of pyridine rings is 1. The van der Waals surface area contributed by atoms with Crippen molar-refractivity contribution in [3.05, 3.63) is 23.4 Å². The predicted octanol–water partition coefficient (Wildman–Crippen LogP) is 1.14. The molecule has 112 valence electrons. The monoisotopic (exact) mass is 279 g/mol. The molecule has 0 saturated carbocycles. The lowest BCUT2D eigenvalue weighted by atomic mass is 10.2. The third-order valence-corrected chi connectivity index (χ3v) is 3.19. The lowest BCUT2D eigenvalue weighted by Gasteiger charge is -2.17. The smallest absolute Gasteiger partial charge is 0.251 e. The summed E-state index contributed by atoms with van der Waals surface area (Å²) in [7, 11) is 0. The molecule has 0 aromatic carbocycles. The Balaban J connectivity index is 2.45. The van der Waals surface area contributed by atoms with Crippen LogP contribution in [0, 0.1) is 6.92 Å². The highest BCUT2D eigenvalue weighted by molar-refractivity contribution is 5.94. The van der Waals surface area contributed by atoms with Crippen molar-refractivity contribution >= 4 is 11.7 Å². The fraction of sp³-hybridized carbons (Fsp3) is 0.571. The van der Waals surface area contributed by atoms with Crippen LogP contribution in [0.25, 0.3) is 0 Å². The van der Waals surface area contributed by atoms with E-state index >= 15 is 0 Å². The number of anilines is 1. The van der Waals surface area contributed by atoms with Crippen LogP contribution in [-0.2, 0) is 0 Å². The van der Waals surface area contributed by atoms with Crippen LogP contribution in [0.5, 0.6) is 0 Å². The number of carbonyl (C=O) groups excluding carboxylic acids is 1. The molecule has 0 saturated heterocycles. The molecule has 20 heavy (non-hydrogen) atoms. The van der Waals surface area contributed by atoms with E-state index in [-0.39, 0.29) is 5.91 Å². The van der Waals surface area contributed by atoms with E-state index in [1.807, 2.05) is 6.92 Å². The summed E-state index contributed by atoms with van der Waals surface area (Å²) in [6.45, 7) is 9.86. The number of hydrogen-bond donors (Lipinski definition) is 3. The summed E-state index contributed by atoms with van der Waals surface area (Å²) in [5.74, 6) is 5.73. The van der Waals surface area contributed by atoms with Crippen LogP contribution >= 0.6 is 0 Å². The zero-order chi connectivity index (χ0) is 15.0. The zero-order valence-corrected chi connectivity index (χ0v) is 12.6. The molecule has 6 nitrogen and oxygen atoms in total. The van der Waals surface area contributed by atoms with Gasteiger partial charge in [0, 0.05) is 17.8 Å². The topological polar surface area (TPSA) is 83.3 Å². The van der Waals surface area contributed by atoms with E-state index in [0.717, 1.165) is 31.7 Å². The Kier molecular flexibility index (Phi) is 6.97. The second kappa shape index (κ2) is 8.50. The van der Waals surface area contributed by atoms with Crippen molar-refractivity contribution in [3.63, 3.8) is 0 Å². The molecular formula is C14H25N5O. The maximum atomic E-state index is 12.0. The third kappa shape index (κ3) is 5.14. The van der Waals surface area contributed by atoms with E-state index in [9.17, 15) is 4.79 Å². The van der Waals surface area contributed by atoms with Crippen molar-refractivity contribution in [2.24, 2.45) is 5.84 Å². The van der Waals surface area contributed by atoms with Crippen LogP contribution in [0.3, 0.4) is 0 Å². The summed E-state index contributed by atoms with van der Waals surface area (Å²) < 4.78 is 0. The van der Waals surface area contributed by atoms with Gasteiger partial charge < -0.3 is 15.6 Å². The van der Waals surface area contributed by atoms with Gasteiger partial charge in [0.25, 0.3) is 5.91 Å². The van der Waals surface area contributed by atoms with Gasteiger partial charge >= 0.3 is 0 Å². The Morgan fingerprint density at radius 3 is 2.65 bits per heavy atom. The van der Waals surface area contributed by atoms with E-state index < -0.39 is 0 Å². The highest BCUT2D eigenvalue weighted by Crippen LogP contribution is 2.08. The van der Waals surface area contributed by atoms with Crippen molar-refractivity contribution in [2.45, 2.75) is 27.2 Å². The lowest BCUT2D eigenvalue weighted by Crippen LogP contribution is -2.30. The zero-order valence-electron chi connectivity index (χ0n) is 12.6. The second-order valence-corrected chi connectivity index (χ2v) is 4.66. The molecule has 0 radical (unpaired) electrons. The maximum Gasteiger partial charge on any atom is 0.251 e. The van der Waals surface area contributed by atoms with Crippen LogP contribution in [-0.4, -0.2) is 42.0 Å². The van der Waals surface area contributed by atoms with Crippen molar-refractivity contribution in [1.29, 1.82) is 0 Å². The van der Waals surface area contributed by atoms with E-state index in [4.69, 9.17) is 5.84 Å². The van der Waals surface area contributed by atoms with Crippen LogP contribution in [0.2, 0.25) is 0 Å². The molecule has 0 aliphatic carbocycles. The summed E-state index contributed by atoms with van der Waals surface area (Å²) >= 11 is 0. The standard InChI is InChI=1S/C14H25N5O/c1-4-19(5-2)8-6-7-16-14(20)12-9-11(3)17-13(10-12)18-15/h9-10H,4-8,15H2,1-3H3,(H,16,20)(H,17,18). The molecule has 0 spiro atoms. The summed E-state index contributed by atoms with van der Waals surface area (Å²) in [6.07, 6.45) is 0.944. The van der Waals surface area contributed by atoms with Crippen molar-refractivity contribution in [1.82, 2.24) is 15.2 Å². The first-order chi connectivity index (χ1) is 9.60. The third-order valence-electron chi connectivity index (χ3n) is 3.19. The molecular weight excluding hydrogens is 254 g/mol. The minimum Gasteiger partial charge on any atom is -0.352 e. The molecule has 1 rings (SSSR count). The summed E-state index contributed by atoms with van der Waals surface area (Å²) in [5.41, 5.74) is 3.80. The molecule has 6 heteroatoms. The molecule has 1 heterocycles. The van der Waals surface area contributed by atoms with E-state index in [1.165, 1.54) is 0 Å². The summed E-state index contributed by atoms with van der Waals surface area (Å²) in [6, 6.07) is 3.40. The maximum absolute atomic E-state index is 12.0. The van der Waals surface area contributed by atoms with E-state index in [1.54, 1.807) is 12.1 Å². The Bertz CT molecular complexity index is 432. The molecule has 0 aliphatic heterocycles. The number of rotatable bonds is 8. The number of hydrogen-bond acceptors (Lipinski definition) is 5. The Labute approximate surface area is 120 Å². The van der Waals surface area contributed by atoms with Crippen LogP contribution in [0.4, 0.5) is 5.82 Å².